The average Bonchev–Trinajstić information content (AvgIpc) is 2.71. The van der Waals surface area contributed by atoms with E-state index >= 15 is 0 Å². The van der Waals surface area contributed by atoms with Gasteiger partial charge in [-0.15, -0.1) is 0 Å². The van der Waals surface area contributed by atoms with Crippen molar-refractivity contribution in [2.24, 2.45) is 0 Å². The molecule has 0 bridgehead atoms. The van der Waals surface area contributed by atoms with E-state index in [0.717, 1.165) is 0 Å². The van der Waals surface area contributed by atoms with Gasteiger partial charge in [0.15, 0.2) is 0 Å². The first kappa shape index (κ1) is 14.3. The first-order chi connectivity index (χ1) is 9.36. The predicted molar refractivity (Wildman–Crippen MR) is 76.3 cm³/mol. The molecule has 6 nitrogen and oxygen atoms in total. The molecule has 1 saturated heterocycles. The lowest BCUT2D eigenvalue weighted by molar-refractivity contribution is -0.131. The van der Waals surface area contributed by atoms with Crippen molar-refractivity contribution in [1.29, 1.82) is 0 Å². The fourth-order valence-electron chi connectivity index (χ4n) is 2.23. The maximum atomic E-state index is 11.9. The molecule has 20 heavy (non-hydrogen) atoms. The fraction of sp³-hybridized carbons (Fsp3) is 0.500. The van der Waals surface area contributed by atoms with Gasteiger partial charge >= 0.3 is 6.03 Å². The Morgan fingerprint density at radius 1 is 1.40 bits per heavy atom. The summed E-state index contributed by atoms with van der Waals surface area (Å²) < 4.78 is 0. The number of amides is 3. The van der Waals surface area contributed by atoms with Crippen molar-refractivity contribution in [1.82, 2.24) is 15.2 Å². The number of nitrogens with zero attached hydrogens (tertiary/aromatic N) is 2. The molecule has 0 saturated carbocycles. The molecule has 1 unspecified atom stereocenters. The first-order valence-electron chi connectivity index (χ1n) is 6.65. The highest BCUT2D eigenvalue weighted by molar-refractivity contribution is 5.89. The largest absolute Gasteiger partial charge is 0.336 e. The van der Waals surface area contributed by atoms with Crippen molar-refractivity contribution in [2.75, 3.05) is 11.9 Å². The smallest absolute Gasteiger partial charge is 0.320 e. The van der Waals surface area contributed by atoms with E-state index in [1.807, 2.05) is 20.8 Å². The van der Waals surface area contributed by atoms with Gasteiger partial charge in [0.05, 0.1) is 6.04 Å². The molecule has 1 fully saturated rings. The van der Waals surface area contributed by atoms with Gasteiger partial charge in [-0.3, -0.25) is 10.1 Å². The Hall–Kier alpha value is -2.11. The summed E-state index contributed by atoms with van der Waals surface area (Å²) in [6.45, 7) is 6.50. The van der Waals surface area contributed by atoms with E-state index in [-0.39, 0.29) is 23.5 Å². The summed E-state index contributed by atoms with van der Waals surface area (Å²) in [6, 6.07) is 4.78. The molecule has 2 heterocycles. The first-order valence-corrected chi connectivity index (χ1v) is 6.65. The molecule has 6 heteroatoms. The number of carbonyl (C=O) groups excluding carboxylic acids is 2. The highest BCUT2D eigenvalue weighted by atomic mass is 16.2. The second-order valence-corrected chi connectivity index (χ2v) is 5.89. The molecule has 2 rings (SSSR count). The van der Waals surface area contributed by atoms with Crippen LogP contribution in [0.15, 0.2) is 24.4 Å². The molecule has 0 spiro atoms. The fourth-order valence-corrected chi connectivity index (χ4v) is 2.23. The third-order valence-electron chi connectivity index (χ3n) is 3.18. The molecule has 3 amide bonds. The van der Waals surface area contributed by atoms with Crippen LogP contribution in [0, 0.1) is 0 Å². The van der Waals surface area contributed by atoms with Crippen LogP contribution in [0.1, 0.15) is 27.2 Å². The van der Waals surface area contributed by atoms with Crippen LogP contribution in [-0.2, 0) is 4.79 Å². The van der Waals surface area contributed by atoms with Crippen LogP contribution in [-0.4, -0.2) is 39.9 Å². The van der Waals surface area contributed by atoms with Gasteiger partial charge in [0.25, 0.3) is 0 Å². The third-order valence-corrected chi connectivity index (χ3v) is 3.18. The van der Waals surface area contributed by atoms with Gasteiger partial charge in [0, 0.05) is 24.7 Å². The number of hydrogen-bond acceptors (Lipinski definition) is 3. The maximum absolute atomic E-state index is 11.9. The Bertz CT molecular complexity index is 496. The van der Waals surface area contributed by atoms with E-state index in [1.165, 1.54) is 0 Å². The minimum Gasteiger partial charge on any atom is -0.336 e. The zero-order valence-electron chi connectivity index (χ0n) is 12.0. The zero-order chi connectivity index (χ0) is 14.8. The molecule has 0 aliphatic carbocycles. The van der Waals surface area contributed by atoms with Crippen LogP contribution in [0.2, 0.25) is 0 Å². The summed E-state index contributed by atoms with van der Waals surface area (Å²) >= 11 is 0. The molecule has 0 radical (unpaired) electrons. The Morgan fingerprint density at radius 3 is 2.70 bits per heavy atom. The Kier molecular flexibility index (Phi) is 3.92. The van der Waals surface area contributed by atoms with Crippen LogP contribution in [0.5, 0.6) is 0 Å². The number of hydrogen-bond donors (Lipinski definition) is 2. The number of pyridine rings is 1. The van der Waals surface area contributed by atoms with Crippen molar-refractivity contribution >= 4 is 17.8 Å². The van der Waals surface area contributed by atoms with Crippen LogP contribution in [0.4, 0.5) is 10.6 Å². The number of urea groups is 1. The number of nitrogens with one attached hydrogen (secondary N) is 2. The van der Waals surface area contributed by atoms with E-state index in [9.17, 15) is 9.59 Å². The van der Waals surface area contributed by atoms with Gasteiger partial charge in [0.2, 0.25) is 5.91 Å². The van der Waals surface area contributed by atoms with Gasteiger partial charge in [-0.2, -0.15) is 0 Å². The molecule has 108 valence electrons. The van der Waals surface area contributed by atoms with Crippen LogP contribution >= 0.6 is 0 Å². The van der Waals surface area contributed by atoms with Crippen LogP contribution in [0.3, 0.4) is 0 Å². The van der Waals surface area contributed by atoms with Gasteiger partial charge in [0.1, 0.15) is 5.82 Å². The summed E-state index contributed by atoms with van der Waals surface area (Å²) in [5, 5.41) is 5.45. The highest BCUT2D eigenvalue weighted by Crippen LogP contribution is 2.21. The summed E-state index contributed by atoms with van der Waals surface area (Å²) in [4.78, 5) is 29.6. The summed E-state index contributed by atoms with van der Waals surface area (Å²) in [5.74, 6) is 0.558. The summed E-state index contributed by atoms with van der Waals surface area (Å²) in [6.07, 6.45) is 1.95. The molecular weight excluding hydrogens is 256 g/mol. The second-order valence-electron chi connectivity index (χ2n) is 5.89. The minimum absolute atomic E-state index is 0.0700. The van der Waals surface area contributed by atoms with Gasteiger partial charge in [-0.05, 0) is 32.9 Å². The molecular formula is C14H20N4O2. The zero-order valence-corrected chi connectivity index (χ0v) is 12.0. The number of likely N-dealkylation sites (tertiary alicyclic amines) is 1. The topological polar surface area (TPSA) is 74.3 Å². The van der Waals surface area contributed by atoms with E-state index < -0.39 is 0 Å². The van der Waals surface area contributed by atoms with E-state index in [0.29, 0.717) is 18.8 Å². The lowest BCUT2D eigenvalue weighted by Crippen LogP contribution is -2.45. The molecule has 1 aromatic rings. The van der Waals surface area contributed by atoms with Crippen molar-refractivity contribution in [2.45, 2.75) is 38.8 Å². The molecule has 1 aliphatic rings. The second kappa shape index (κ2) is 5.48. The van der Waals surface area contributed by atoms with Crippen LogP contribution < -0.4 is 10.6 Å². The number of carbonyl (C=O) groups is 2. The number of anilines is 1. The van der Waals surface area contributed by atoms with Crippen molar-refractivity contribution in [3.05, 3.63) is 24.4 Å². The minimum atomic E-state index is -0.336. The van der Waals surface area contributed by atoms with E-state index in [4.69, 9.17) is 0 Å². The van der Waals surface area contributed by atoms with Gasteiger partial charge < -0.3 is 10.2 Å². The molecule has 0 aromatic carbocycles. The van der Waals surface area contributed by atoms with Crippen LogP contribution in [0.25, 0.3) is 0 Å². The maximum Gasteiger partial charge on any atom is 0.320 e. The standard InChI is InChI=1S/C14H20N4O2/c1-14(2,3)18-9-10(8-12(18)19)16-13(20)17-11-6-4-5-7-15-11/h4-7,10H,8-9H2,1-3H3,(H2,15,16,17,20). The average molecular weight is 276 g/mol. The number of aromatic nitrogens is 1. The third kappa shape index (κ3) is 3.46. The Labute approximate surface area is 118 Å². The monoisotopic (exact) mass is 276 g/mol. The van der Waals surface area contributed by atoms with E-state index in [1.54, 1.807) is 29.3 Å². The normalized spacial score (nSPS) is 19.1. The Morgan fingerprint density at radius 2 is 2.15 bits per heavy atom. The molecule has 1 atom stereocenters. The van der Waals surface area contributed by atoms with Gasteiger partial charge in [-0.1, -0.05) is 6.07 Å². The highest BCUT2D eigenvalue weighted by Gasteiger charge is 2.36. The van der Waals surface area contributed by atoms with Gasteiger partial charge in [-0.25, -0.2) is 9.78 Å². The lowest BCUT2D eigenvalue weighted by atomic mass is 10.1. The van der Waals surface area contributed by atoms with Crippen molar-refractivity contribution < 1.29 is 9.59 Å². The quantitative estimate of drug-likeness (QED) is 0.861. The lowest BCUT2D eigenvalue weighted by Gasteiger charge is -2.32. The Balaban J connectivity index is 1.89. The van der Waals surface area contributed by atoms with Crippen molar-refractivity contribution in [3.63, 3.8) is 0 Å². The molecule has 1 aromatic heterocycles. The SMILES string of the molecule is CC(C)(C)N1CC(NC(=O)Nc2ccccn2)CC1=O. The predicted octanol–water partition coefficient (Wildman–Crippen LogP) is 1.60. The van der Waals surface area contributed by atoms with E-state index in [2.05, 4.69) is 15.6 Å². The molecule has 1 aliphatic heterocycles. The molecule has 2 N–H and O–H groups in total. The van der Waals surface area contributed by atoms with Crippen molar-refractivity contribution in [3.8, 4) is 0 Å². The summed E-state index contributed by atoms with van der Waals surface area (Å²) in [5.41, 5.74) is -0.217. The summed E-state index contributed by atoms with van der Waals surface area (Å²) in [7, 11) is 0. The number of rotatable bonds is 2.